The zero-order valence-electron chi connectivity index (χ0n) is 11.0. The van der Waals surface area contributed by atoms with E-state index in [1.807, 2.05) is 13.0 Å². The third-order valence-electron chi connectivity index (χ3n) is 2.92. The summed E-state index contributed by atoms with van der Waals surface area (Å²) >= 11 is 3.26. The molecule has 0 aliphatic rings. The van der Waals surface area contributed by atoms with Gasteiger partial charge < -0.3 is 14.9 Å². The van der Waals surface area contributed by atoms with E-state index >= 15 is 0 Å². The fourth-order valence-electron chi connectivity index (χ4n) is 1.92. The molecule has 0 saturated heterocycles. The van der Waals surface area contributed by atoms with E-state index in [9.17, 15) is 4.79 Å². The monoisotopic (exact) mass is 347 g/mol. The summed E-state index contributed by atoms with van der Waals surface area (Å²) < 4.78 is 11.3. The number of anilines is 1. The number of hydrogen-bond acceptors (Lipinski definition) is 6. The van der Waals surface area contributed by atoms with Gasteiger partial charge in [-0.05, 0) is 40.5 Å². The first-order chi connectivity index (χ1) is 10.0. The zero-order chi connectivity index (χ0) is 15.0. The molecule has 0 saturated carbocycles. The normalized spacial score (nSPS) is 10.8. The van der Waals surface area contributed by atoms with E-state index in [1.165, 1.54) is 12.4 Å². The van der Waals surface area contributed by atoms with E-state index in [1.54, 1.807) is 12.1 Å². The predicted octanol–water partition coefficient (Wildman–Crippen LogP) is 3.03. The Morgan fingerprint density at radius 1 is 1.29 bits per heavy atom. The van der Waals surface area contributed by atoms with Crippen molar-refractivity contribution in [2.24, 2.45) is 0 Å². The highest BCUT2D eigenvalue weighted by atomic mass is 79.9. The number of nitrogens with two attached hydrogens (primary N) is 1. The number of benzene rings is 1. The third kappa shape index (κ3) is 2.59. The van der Waals surface area contributed by atoms with Crippen molar-refractivity contribution >= 4 is 32.7 Å². The molecule has 1 aromatic carbocycles. The fourth-order valence-corrected chi connectivity index (χ4v) is 2.20. The summed E-state index contributed by atoms with van der Waals surface area (Å²) in [5.41, 5.74) is 6.57. The molecule has 0 fully saturated rings. The van der Waals surface area contributed by atoms with Gasteiger partial charge in [0.15, 0.2) is 0 Å². The number of nitrogens with zero attached hydrogens (tertiary/aromatic N) is 2. The highest BCUT2D eigenvalue weighted by molar-refractivity contribution is 9.10. The molecule has 3 rings (SSSR count). The third-order valence-corrected chi connectivity index (χ3v) is 3.67. The Morgan fingerprint density at radius 3 is 2.90 bits per heavy atom. The molecule has 0 aliphatic carbocycles. The van der Waals surface area contributed by atoms with Crippen molar-refractivity contribution in [3.05, 3.63) is 51.0 Å². The summed E-state index contributed by atoms with van der Waals surface area (Å²) in [6.45, 7) is 1.85. The van der Waals surface area contributed by atoms with Gasteiger partial charge in [-0.3, -0.25) is 0 Å². The minimum absolute atomic E-state index is 0.281. The van der Waals surface area contributed by atoms with Crippen LogP contribution in [0.2, 0.25) is 0 Å². The van der Waals surface area contributed by atoms with Gasteiger partial charge in [0.2, 0.25) is 5.88 Å². The van der Waals surface area contributed by atoms with E-state index in [0.717, 1.165) is 10.9 Å². The number of hydrogen-bond donors (Lipinski definition) is 1. The quantitative estimate of drug-likeness (QED) is 0.716. The van der Waals surface area contributed by atoms with Gasteiger partial charge in [-0.25, -0.2) is 14.8 Å². The first kappa shape index (κ1) is 13.6. The highest BCUT2D eigenvalue weighted by Gasteiger charge is 2.10. The maximum Gasteiger partial charge on any atom is 0.336 e. The van der Waals surface area contributed by atoms with Gasteiger partial charge in [0.05, 0.1) is 0 Å². The molecule has 0 amide bonds. The lowest BCUT2D eigenvalue weighted by molar-refractivity contribution is 0.457. The zero-order valence-corrected chi connectivity index (χ0v) is 12.5. The molecule has 0 atom stereocenters. The van der Waals surface area contributed by atoms with Crippen molar-refractivity contribution in [1.29, 1.82) is 0 Å². The molecular formula is C14H10BrN3O3. The average molecular weight is 348 g/mol. The molecule has 3 aromatic rings. The van der Waals surface area contributed by atoms with Crippen LogP contribution in [-0.4, -0.2) is 9.97 Å². The summed E-state index contributed by atoms with van der Waals surface area (Å²) in [7, 11) is 0. The Morgan fingerprint density at radius 2 is 2.10 bits per heavy atom. The van der Waals surface area contributed by atoms with Gasteiger partial charge >= 0.3 is 5.63 Å². The van der Waals surface area contributed by atoms with Gasteiger partial charge in [-0.2, -0.15) is 0 Å². The van der Waals surface area contributed by atoms with E-state index in [0.29, 0.717) is 15.8 Å². The van der Waals surface area contributed by atoms with Crippen molar-refractivity contribution in [3.8, 4) is 11.6 Å². The minimum Gasteiger partial charge on any atom is -0.438 e. The Hall–Kier alpha value is -2.41. The second-order valence-corrected chi connectivity index (χ2v) is 5.18. The molecule has 0 aliphatic heterocycles. The number of aryl methyl sites for hydroxylation is 1. The molecular weight excluding hydrogens is 338 g/mol. The van der Waals surface area contributed by atoms with Crippen LogP contribution >= 0.6 is 15.9 Å². The molecule has 0 bridgehead atoms. The summed E-state index contributed by atoms with van der Waals surface area (Å²) in [5, 5.41) is 0.850. The molecule has 0 unspecified atom stereocenters. The van der Waals surface area contributed by atoms with E-state index < -0.39 is 5.63 Å². The van der Waals surface area contributed by atoms with Crippen LogP contribution in [0.4, 0.5) is 5.82 Å². The van der Waals surface area contributed by atoms with Crippen molar-refractivity contribution in [2.45, 2.75) is 6.92 Å². The number of fused-ring (bicyclic) bond motifs is 1. The SMILES string of the molecule is Cc1cc(=O)oc2cc(Oc3ncnc(N)c3Br)ccc12. The van der Waals surface area contributed by atoms with Crippen LogP contribution in [-0.2, 0) is 0 Å². The van der Waals surface area contributed by atoms with Gasteiger partial charge in [-0.15, -0.1) is 0 Å². The van der Waals surface area contributed by atoms with E-state index in [-0.39, 0.29) is 11.7 Å². The molecule has 2 N–H and O–H groups in total. The van der Waals surface area contributed by atoms with Gasteiger partial charge in [-0.1, -0.05) is 0 Å². The number of rotatable bonds is 2. The van der Waals surface area contributed by atoms with Gasteiger partial charge in [0.1, 0.15) is 28.0 Å². The maximum atomic E-state index is 11.4. The van der Waals surface area contributed by atoms with Crippen molar-refractivity contribution in [3.63, 3.8) is 0 Å². The minimum atomic E-state index is -0.399. The van der Waals surface area contributed by atoms with Crippen LogP contribution in [0, 0.1) is 6.92 Å². The van der Waals surface area contributed by atoms with Crippen molar-refractivity contribution < 1.29 is 9.15 Å². The van der Waals surface area contributed by atoms with E-state index in [2.05, 4.69) is 25.9 Å². The second-order valence-electron chi connectivity index (χ2n) is 4.39. The van der Waals surface area contributed by atoms with E-state index in [4.69, 9.17) is 14.9 Å². The van der Waals surface area contributed by atoms with Gasteiger partial charge in [0.25, 0.3) is 0 Å². The standard InChI is InChI=1S/C14H10BrN3O3/c1-7-4-11(19)21-10-5-8(2-3-9(7)10)20-14-12(15)13(16)17-6-18-14/h2-6H,1H3,(H2,16,17,18). The second kappa shape index (κ2) is 5.17. The Balaban J connectivity index is 2.05. The van der Waals surface area contributed by atoms with Crippen LogP contribution < -0.4 is 16.1 Å². The first-order valence-electron chi connectivity index (χ1n) is 6.03. The lowest BCUT2D eigenvalue weighted by Crippen LogP contribution is -1.99. The van der Waals surface area contributed by atoms with Crippen LogP contribution in [0.25, 0.3) is 11.0 Å². The highest BCUT2D eigenvalue weighted by Crippen LogP contribution is 2.31. The Bertz CT molecular complexity index is 892. The lowest BCUT2D eigenvalue weighted by atomic mass is 10.1. The van der Waals surface area contributed by atoms with Crippen molar-refractivity contribution in [1.82, 2.24) is 9.97 Å². The molecule has 0 spiro atoms. The lowest BCUT2D eigenvalue weighted by Gasteiger charge is -2.08. The van der Waals surface area contributed by atoms with Crippen LogP contribution in [0.3, 0.4) is 0 Å². The van der Waals surface area contributed by atoms with Crippen molar-refractivity contribution in [2.75, 3.05) is 5.73 Å². The maximum absolute atomic E-state index is 11.4. The molecule has 7 heteroatoms. The number of ether oxygens (including phenoxy) is 1. The summed E-state index contributed by atoms with van der Waals surface area (Å²) in [5.74, 6) is 1.05. The van der Waals surface area contributed by atoms with Crippen LogP contribution in [0.1, 0.15) is 5.56 Å². The molecule has 21 heavy (non-hydrogen) atoms. The smallest absolute Gasteiger partial charge is 0.336 e. The number of halogens is 1. The number of nitrogen functional groups attached to an aromatic ring is 1. The Kier molecular flexibility index (Phi) is 3.34. The molecule has 6 nitrogen and oxygen atoms in total. The molecule has 2 heterocycles. The summed E-state index contributed by atoms with van der Waals surface area (Å²) in [6.07, 6.45) is 1.31. The van der Waals surface area contributed by atoms with Gasteiger partial charge in [0, 0.05) is 17.5 Å². The molecule has 0 radical (unpaired) electrons. The van der Waals surface area contributed by atoms with Crippen LogP contribution in [0.15, 0.2) is 44.3 Å². The summed E-state index contributed by atoms with van der Waals surface area (Å²) in [6, 6.07) is 6.67. The largest absolute Gasteiger partial charge is 0.438 e. The number of aromatic nitrogens is 2. The average Bonchev–Trinajstić information content (AvgIpc) is 2.43. The molecule has 2 aromatic heterocycles. The fraction of sp³-hybridized carbons (Fsp3) is 0.0714. The van der Waals surface area contributed by atoms with Crippen LogP contribution in [0.5, 0.6) is 11.6 Å². The molecule has 106 valence electrons. The topological polar surface area (TPSA) is 91.2 Å². The first-order valence-corrected chi connectivity index (χ1v) is 6.82. The summed E-state index contributed by atoms with van der Waals surface area (Å²) in [4.78, 5) is 19.3. The Labute approximate surface area is 127 Å². The predicted molar refractivity (Wildman–Crippen MR) is 81.4 cm³/mol.